The van der Waals surface area contributed by atoms with Crippen molar-refractivity contribution in [3.63, 3.8) is 0 Å². The Bertz CT molecular complexity index is 405. The minimum absolute atomic E-state index is 0.552. The molecule has 1 aliphatic rings. The molecule has 0 saturated carbocycles. The second-order valence-electron chi connectivity index (χ2n) is 4.69. The molecule has 17 heavy (non-hydrogen) atoms. The van der Waals surface area contributed by atoms with Crippen LogP contribution < -0.4 is 4.90 Å². The number of piperidine rings is 1. The molecule has 1 aromatic rings. The molecule has 3 heteroatoms. The molecule has 1 atom stereocenters. The van der Waals surface area contributed by atoms with E-state index in [1.807, 2.05) is 12.1 Å². The maximum Gasteiger partial charge on any atom is 0.151 e. The molecule has 1 fully saturated rings. The standard InChI is InChI=1S/C14H18ClNO/c1-2-11-4-3-7-16(9-11)13-6-5-12(10-17)14(15)8-13/h5-6,8,10-11H,2-4,7,9H2,1H3. The molecule has 92 valence electrons. The highest BCUT2D eigenvalue weighted by Crippen LogP contribution is 2.27. The Balaban J connectivity index is 2.16. The summed E-state index contributed by atoms with van der Waals surface area (Å²) >= 11 is 6.06. The van der Waals surface area contributed by atoms with Gasteiger partial charge in [-0.2, -0.15) is 0 Å². The summed E-state index contributed by atoms with van der Waals surface area (Å²) in [5.41, 5.74) is 1.71. The van der Waals surface area contributed by atoms with E-state index in [0.29, 0.717) is 10.6 Å². The number of carbonyl (C=O) groups excluding carboxylic acids is 1. The zero-order valence-corrected chi connectivity index (χ0v) is 10.9. The quantitative estimate of drug-likeness (QED) is 0.762. The van der Waals surface area contributed by atoms with Crippen LogP contribution in [0.3, 0.4) is 0 Å². The Kier molecular flexibility index (Phi) is 4.06. The van der Waals surface area contributed by atoms with E-state index >= 15 is 0 Å². The van der Waals surface area contributed by atoms with Crippen LogP contribution in [0.2, 0.25) is 5.02 Å². The number of halogens is 1. The van der Waals surface area contributed by atoms with Gasteiger partial charge in [0.1, 0.15) is 0 Å². The van der Waals surface area contributed by atoms with Crippen LogP contribution in [-0.2, 0) is 0 Å². The molecule has 1 unspecified atom stereocenters. The smallest absolute Gasteiger partial charge is 0.151 e. The third-order valence-electron chi connectivity index (χ3n) is 3.57. The summed E-state index contributed by atoms with van der Waals surface area (Å²) in [5.74, 6) is 0.785. The van der Waals surface area contributed by atoms with Crippen molar-refractivity contribution in [2.24, 2.45) is 5.92 Å². The molecule has 1 heterocycles. The third kappa shape index (κ3) is 2.81. The molecule has 0 spiro atoms. The molecular weight excluding hydrogens is 234 g/mol. The van der Waals surface area contributed by atoms with E-state index in [9.17, 15) is 4.79 Å². The molecule has 0 radical (unpaired) electrons. The van der Waals surface area contributed by atoms with Crippen LogP contribution in [-0.4, -0.2) is 19.4 Å². The van der Waals surface area contributed by atoms with Crippen LogP contribution in [0, 0.1) is 5.92 Å². The van der Waals surface area contributed by atoms with Crippen molar-refractivity contribution in [1.82, 2.24) is 0 Å². The lowest BCUT2D eigenvalue weighted by atomic mass is 9.95. The predicted molar refractivity (Wildman–Crippen MR) is 72.1 cm³/mol. The number of carbonyl (C=O) groups is 1. The Morgan fingerprint density at radius 1 is 1.53 bits per heavy atom. The van der Waals surface area contributed by atoms with Crippen molar-refractivity contribution in [2.45, 2.75) is 26.2 Å². The van der Waals surface area contributed by atoms with Crippen molar-refractivity contribution in [3.05, 3.63) is 28.8 Å². The van der Waals surface area contributed by atoms with Gasteiger partial charge in [-0.3, -0.25) is 4.79 Å². The molecule has 2 nitrogen and oxygen atoms in total. The van der Waals surface area contributed by atoms with Gasteiger partial charge in [-0.25, -0.2) is 0 Å². The lowest BCUT2D eigenvalue weighted by Gasteiger charge is -2.34. The minimum atomic E-state index is 0.552. The summed E-state index contributed by atoms with van der Waals surface area (Å²) in [7, 11) is 0. The van der Waals surface area contributed by atoms with Gasteiger partial charge >= 0.3 is 0 Å². The first kappa shape index (κ1) is 12.4. The lowest BCUT2D eigenvalue weighted by Crippen LogP contribution is -2.35. The van der Waals surface area contributed by atoms with Crippen LogP contribution >= 0.6 is 11.6 Å². The van der Waals surface area contributed by atoms with Gasteiger partial charge in [-0.05, 0) is 37.0 Å². The first-order valence-corrected chi connectivity index (χ1v) is 6.62. The van der Waals surface area contributed by atoms with E-state index in [2.05, 4.69) is 11.8 Å². The molecule has 0 aliphatic carbocycles. The molecule has 0 amide bonds. The number of hydrogen-bond acceptors (Lipinski definition) is 2. The zero-order chi connectivity index (χ0) is 12.3. The normalized spacial score (nSPS) is 20.4. The van der Waals surface area contributed by atoms with Crippen LogP contribution in [0.25, 0.3) is 0 Å². The zero-order valence-electron chi connectivity index (χ0n) is 10.2. The molecule has 1 saturated heterocycles. The molecular formula is C14H18ClNO. The molecule has 2 rings (SSSR count). The first-order chi connectivity index (χ1) is 8.24. The highest BCUT2D eigenvalue weighted by Gasteiger charge is 2.19. The summed E-state index contributed by atoms with van der Waals surface area (Å²) in [6.45, 7) is 4.44. The maximum atomic E-state index is 10.7. The fourth-order valence-electron chi connectivity index (χ4n) is 2.44. The predicted octanol–water partition coefficient (Wildman–Crippen LogP) is 3.78. The maximum absolute atomic E-state index is 10.7. The number of benzene rings is 1. The van der Waals surface area contributed by atoms with Crippen molar-refractivity contribution in [3.8, 4) is 0 Å². The summed E-state index contributed by atoms with van der Waals surface area (Å²) in [5, 5.41) is 0.552. The number of anilines is 1. The summed E-state index contributed by atoms with van der Waals surface area (Å²) in [6, 6.07) is 5.71. The van der Waals surface area contributed by atoms with E-state index < -0.39 is 0 Å². The second-order valence-corrected chi connectivity index (χ2v) is 5.09. The van der Waals surface area contributed by atoms with Gasteiger partial charge in [0.2, 0.25) is 0 Å². The topological polar surface area (TPSA) is 20.3 Å². The van der Waals surface area contributed by atoms with Crippen LogP contribution in [0.1, 0.15) is 36.5 Å². The number of rotatable bonds is 3. The largest absolute Gasteiger partial charge is 0.371 e. The Labute approximate surface area is 108 Å². The van der Waals surface area contributed by atoms with Crippen molar-refractivity contribution in [2.75, 3.05) is 18.0 Å². The van der Waals surface area contributed by atoms with E-state index in [4.69, 9.17) is 11.6 Å². The molecule has 1 aromatic carbocycles. The van der Waals surface area contributed by atoms with Gasteiger partial charge in [0.05, 0.1) is 5.02 Å². The molecule has 0 N–H and O–H groups in total. The van der Waals surface area contributed by atoms with E-state index in [1.54, 1.807) is 6.07 Å². The van der Waals surface area contributed by atoms with E-state index in [0.717, 1.165) is 31.0 Å². The third-order valence-corrected chi connectivity index (χ3v) is 3.90. The summed E-state index contributed by atoms with van der Waals surface area (Å²) in [6.07, 6.45) is 4.60. The molecule has 0 bridgehead atoms. The monoisotopic (exact) mass is 251 g/mol. The van der Waals surface area contributed by atoms with Crippen LogP contribution in [0.5, 0.6) is 0 Å². The first-order valence-electron chi connectivity index (χ1n) is 6.24. The van der Waals surface area contributed by atoms with E-state index in [-0.39, 0.29) is 0 Å². The van der Waals surface area contributed by atoms with Gasteiger partial charge in [-0.1, -0.05) is 24.9 Å². The lowest BCUT2D eigenvalue weighted by molar-refractivity contribution is 0.112. The average Bonchev–Trinajstić information content (AvgIpc) is 2.38. The second kappa shape index (κ2) is 5.54. The van der Waals surface area contributed by atoms with Crippen molar-refractivity contribution in [1.29, 1.82) is 0 Å². The highest BCUT2D eigenvalue weighted by molar-refractivity contribution is 6.33. The molecule has 0 aromatic heterocycles. The van der Waals surface area contributed by atoms with Crippen molar-refractivity contribution < 1.29 is 4.79 Å². The fraction of sp³-hybridized carbons (Fsp3) is 0.500. The Morgan fingerprint density at radius 2 is 2.35 bits per heavy atom. The highest BCUT2D eigenvalue weighted by atomic mass is 35.5. The van der Waals surface area contributed by atoms with Gasteiger partial charge in [0.25, 0.3) is 0 Å². The van der Waals surface area contributed by atoms with Crippen LogP contribution in [0.4, 0.5) is 5.69 Å². The summed E-state index contributed by atoms with van der Waals surface area (Å²) in [4.78, 5) is 13.1. The average molecular weight is 252 g/mol. The Hall–Kier alpha value is -1.02. The van der Waals surface area contributed by atoms with E-state index in [1.165, 1.54) is 19.3 Å². The van der Waals surface area contributed by atoms with Gasteiger partial charge < -0.3 is 4.90 Å². The SMILES string of the molecule is CCC1CCCN(c2ccc(C=O)c(Cl)c2)C1. The van der Waals surface area contributed by atoms with Gasteiger partial charge in [0.15, 0.2) is 6.29 Å². The molecule has 1 aliphatic heterocycles. The van der Waals surface area contributed by atoms with Gasteiger partial charge in [0, 0.05) is 24.3 Å². The summed E-state index contributed by atoms with van der Waals surface area (Å²) < 4.78 is 0. The number of aldehydes is 1. The fourth-order valence-corrected chi connectivity index (χ4v) is 2.66. The minimum Gasteiger partial charge on any atom is -0.371 e. The van der Waals surface area contributed by atoms with Crippen molar-refractivity contribution >= 4 is 23.6 Å². The number of nitrogens with zero attached hydrogens (tertiary/aromatic N) is 1. The van der Waals surface area contributed by atoms with Crippen LogP contribution in [0.15, 0.2) is 18.2 Å². The number of hydrogen-bond donors (Lipinski definition) is 0. The Morgan fingerprint density at radius 3 is 3.00 bits per heavy atom. The van der Waals surface area contributed by atoms with Gasteiger partial charge in [-0.15, -0.1) is 0 Å².